The molecular formula is C5H2ClF2N. The van der Waals surface area contributed by atoms with Gasteiger partial charge in [0.15, 0.2) is 11.6 Å². The lowest BCUT2D eigenvalue weighted by Gasteiger charge is -1.90. The second kappa shape index (κ2) is 2.27. The molecule has 1 aromatic rings. The van der Waals surface area contributed by atoms with E-state index in [0.29, 0.717) is 0 Å². The van der Waals surface area contributed by atoms with Crippen molar-refractivity contribution in [2.75, 3.05) is 0 Å². The van der Waals surface area contributed by atoms with Crippen molar-refractivity contribution in [3.05, 3.63) is 29.1 Å². The molecule has 0 bridgehead atoms. The molecular weight excluding hydrogens is 148 g/mol. The maximum Gasteiger partial charge on any atom is 0.180 e. The normalized spacial score (nSPS) is 9.67. The molecule has 0 N–H and O–H groups in total. The third-order valence-electron chi connectivity index (χ3n) is 0.795. The highest BCUT2D eigenvalue weighted by atomic mass is 35.5. The molecule has 0 aliphatic carbocycles. The van der Waals surface area contributed by atoms with Crippen LogP contribution in [-0.4, -0.2) is 4.98 Å². The van der Waals surface area contributed by atoms with Crippen molar-refractivity contribution in [2.45, 2.75) is 0 Å². The highest BCUT2D eigenvalue weighted by Gasteiger charge is 2.03. The van der Waals surface area contributed by atoms with Crippen LogP contribution in [0.4, 0.5) is 8.78 Å². The molecule has 9 heavy (non-hydrogen) atoms. The van der Waals surface area contributed by atoms with E-state index in [-0.39, 0.29) is 5.02 Å². The molecule has 1 heterocycles. The number of hydrogen-bond acceptors (Lipinski definition) is 1. The van der Waals surface area contributed by atoms with E-state index in [1.807, 2.05) is 0 Å². The lowest BCUT2D eigenvalue weighted by Crippen LogP contribution is -1.85. The molecule has 1 rings (SSSR count). The molecule has 0 amide bonds. The first-order valence-electron chi connectivity index (χ1n) is 2.16. The van der Waals surface area contributed by atoms with Gasteiger partial charge < -0.3 is 0 Å². The van der Waals surface area contributed by atoms with E-state index in [1.54, 1.807) is 0 Å². The number of nitrogens with zero attached hydrogens (tertiary/aromatic N) is 1. The van der Waals surface area contributed by atoms with Crippen molar-refractivity contribution < 1.29 is 8.78 Å². The lowest BCUT2D eigenvalue weighted by atomic mass is 10.4. The summed E-state index contributed by atoms with van der Waals surface area (Å²) < 4.78 is 24.2. The van der Waals surface area contributed by atoms with Crippen molar-refractivity contribution in [2.24, 2.45) is 0 Å². The summed E-state index contributed by atoms with van der Waals surface area (Å²) in [5, 5.41) is -0.296. The smallest absolute Gasteiger partial charge is 0.180 e. The summed E-state index contributed by atoms with van der Waals surface area (Å²) in [6.07, 6.45) is 1.81. The highest BCUT2D eigenvalue weighted by Crippen LogP contribution is 2.13. The Labute approximate surface area is 55.3 Å². The third kappa shape index (κ3) is 1.16. The van der Waals surface area contributed by atoms with Gasteiger partial charge in [-0.15, -0.1) is 0 Å². The summed E-state index contributed by atoms with van der Waals surface area (Å²) in [7, 11) is 0. The molecule has 0 saturated carbocycles. The molecule has 0 aliphatic rings. The Balaban J connectivity index is 3.25. The first-order valence-corrected chi connectivity index (χ1v) is 2.54. The average Bonchev–Trinajstić information content (AvgIpc) is 1.83. The summed E-state index contributed by atoms with van der Waals surface area (Å²) in [6.45, 7) is 0. The zero-order chi connectivity index (χ0) is 6.85. The van der Waals surface area contributed by atoms with Crippen LogP contribution in [0.25, 0.3) is 0 Å². The van der Waals surface area contributed by atoms with Gasteiger partial charge in [-0.05, 0) is 0 Å². The van der Waals surface area contributed by atoms with Crippen LogP contribution < -0.4 is 0 Å². The van der Waals surface area contributed by atoms with E-state index in [1.165, 1.54) is 0 Å². The fraction of sp³-hybridized carbons (Fsp3) is 0. The van der Waals surface area contributed by atoms with Crippen LogP contribution in [0, 0.1) is 11.6 Å². The maximum atomic E-state index is 12.2. The minimum absolute atomic E-state index is 0.296. The first kappa shape index (κ1) is 6.42. The summed E-state index contributed by atoms with van der Waals surface area (Å²) in [5.74, 6) is -2.07. The monoisotopic (exact) mass is 149 g/mol. The zero-order valence-electron chi connectivity index (χ0n) is 4.24. The van der Waals surface area contributed by atoms with E-state index in [9.17, 15) is 8.78 Å². The van der Waals surface area contributed by atoms with Crippen molar-refractivity contribution in [1.29, 1.82) is 0 Å². The summed E-state index contributed by atoms with van der Waals surface area (Å²) >= 11 is 5.14. The van der Waals surface area contributed by atoms with Gasteiger partial charge in [0.25, 0.3) is 0 Å². The fourth-order valence-corrected chi connectivity index (χ4v) is 0.542. The largest absolute Gasteiger partial charge is 0.260 e. The van der Waals surface area contributed by atoms with Crippen LogP contribution in [0.15, 0.2) is 12.4 Å². The second-order valence-electron chi connectivity index (χ2n) is 1.42. The van der Waals surface area contributed by atoms with Gasteiger partial charge in [0.05, 0.1) is 11.2 Å². The van der Waals surface area contributed by atoms with Crippen molar-refractivity contribution in [1.82, 2.24) is 4.98 Å². The zero-order valence-corrected chi connectivity index (χ0v) is 4.99. The van der Waals surface area contributed by atoms with E-state index in [4.69, 9.17) is 11.6 Å². The number of halogens is 3. The highest BCUT2D eigenvalue weighted by molar-refractivity contribution is 6.30. The fourth-order valence-electron chi connectivity index (χ4n) is 0.396. The number of pyridine rings is 1. The Hall–Kier alpha value is -0.700. The van der Waals surface area contributed by atoms with Gasteiger partial charge >= 0.3 is 0 Å². The minimum Gasteiger partial charge on any atom is -0.260 e. The molecule has 1 aromatic heterocycles. The Kier molecular flexibility index (Phi) is 1.62. The molecule has 0 fully saturated rings. The van der Waals surface area contributed by atoms with Crippen LogP contribution in [-0.2, 0) is 0 Å². The van der Waals surface area contributed by atoms with Crippen molar-refractivity contribution in [3.63, 3.8) is 0 Å². The molecule has 0 unspecified atom stereocenters. The summed E-state index contributed by atoms with van der Waals surface area (Å²) in [5.41, 5.74) is 0. The molecule has 0 radical (unpaired) electrons. The Bertz CT molecular complexity index is 206. The molecule has 1 nitrogen and oxygen atoms in total. The van der Waals surface area contributed by atoms with Crippen molar-refractivity contribution >= 4 is 11.6 Å². The first-order chi connectivity index (χ1) is 4.22. The molecule has 0 spiro atoms. The summed E-state index contributed by atoms with van der Waals surface area (Å²) in [4.78, 5) is 3.30. The predicted molar refractivity (Wildman–Crippen MR) is 29.2 cm³/mol. The van der Waals surface area contributed by atoms with E-state index in [0.717, 1.165) is 12.4 Å². The number of hydrogen-bond donors (Lipinski definition) is 0. The van der Waals surface area contributed by atoms with Crippen LogP contribution in [0.5, 0.6) is 0 Å². The quantitative estimate of drug-likeness (QED) is 0.550. The molecule has 0 saturated heterocycles. The molecule has 0 aliphatic heterocycles. The van der Waals surface area contributed by atoms with E-state index in [2.05, 4.69) is 4.98 Å². The topological polar surface area (TPSA) is 12.9 Å². The maximum absolute atomic E-state index is 12.2. The van der Waals surface area contributed by atoms with Crippen LogP contribution in [0.2, 0.25) is 5.02 Å². The van der Waals surface area contributed by atoms with Gasteiger partial charge in [0, 0.05) is 6.20 Å². The predicted octanol–water partition coefficient (Wildman–Crippen LogP) is 2.01. The SMILES string of the molecule is Fc1cncc(Cl)c1F. The van der Waals surface area contributed by atoms with Gasteiger partial charge in [0.1, 0.15) is 0 Å². The Morgan fingerprint density at radius 2 is 2.00 bits per heavy atom. The Morgan fingerprint density at radius 3 is 2.44 bits per heavy atom. The van der Waals surface area contributed by atoms with Crippen LogP contribution in [0.3, 0.4) is 0 Å². The Morgan fingerprint density at radius 1 is 1.33 bits per heavy atom. The van der Waals surface area contributed by atoms with Crippen LogP contribution >= 0.6 is 11.6 Å². The third-order valence-corrected chi connectivity index (χ3v) is 1.06. The standard InChI is InChI=1S/C5H2ClF2N/c6-3-1-9-2-4(7)5(3)8/h1-2H. The van der Waals surface area contributed by atoms with Gasteiger partial charge in [-0.2, -0.15) is 0 Å². The molecule has 0 atom stereocenters. The molecule has 48 valence electrons. The van der Waals surface area contributed by atoms with Gasteiger partial charge in [-0.3, -0.25) is 4.98 Å². The van der Waals surface area contributed by atoms with Gasteiger partial charge in [-0.1, -0.05) is 11.6 Å². The molecule has 4 heteroatoms. The minimum atomic E-state index is -1.05. The van der Waals surface area contributed by atoms with Crippen LogP contribution in [0.1, 0.15) is 0 Å². The average molecular weight is 150 g/mol. The lowest BCUT2D eigenvalue weighted by molar-refractivity contribution is 0.504. The number of aromatic nitrogens is 1. The number of rotatable bonds is 0. The second-order valence-corrected chi connectivity index (χ2v) is 1.82. The molecule has 0 aromatic carbocycles. The van der Waals surface area contributed by atoms with E-state index < -0.39 is 11.6 Å². The van der Waals surface area contributed by atoms with Crippen molar-refractivity contribution in [3.8, 4) is 0 Å². The van der Waals surface area contributed by atoms with Gasteiger partial charge in [0.2, 0.25) is 0 Å². The van der Waals surface area contributed by atoms with Gasteiger partial charge in [-0.25, -0.2) is 8.78 Å². The summed E-state index contributed by atoms with van der Waals surface area (Å²) in [6, 6.07) is 0. The van der Waals surface area contributed by atoms with E-state index >= 15 is 0 Å².